The van der Waals surface area contributed by atoms with Crippen molar-refractivity contribution in [1.29, 1.82) is 0 Å². The first-order valence-electron chi connectivity index (χ1n) is 14.2. The van der Waals surface area contributed by atoms with Gasteiger partial charge in [0.25, 0.3) is 0 Å². The number of hydrogen-bond acceptors (Lipinski definition) is 5. The zero-order chi connectivity index (χ0) is 30.5. The van der Waals surface area contributed by atoms with Gasteiger partial charge in [0, 0.05) is 23.7 Å². The number of H-pyrrole nitrogens is 1. The van der Waals surface area contributed by atoms with Gasteiger partial charge in [-0.2, -0.15) is 0 Å². The van der Waals surface area contributed by atoms with Gasteiger partial charge in [0.1, 0.15) is 12.4 Å². The molecule has 0 aliphatic heterocycles. The summed E-state index contributed by atoms with van der Waals surface area (Å²) in [5.74, 6) is 0.540. The molecule has 0 aliphatic carbocycles. The molecule has 4 rings (SSSR count). The summed E-state index contributed by atoms with van der Waals surface area (Å²) in [6, 6.07) is 24.3. The van der Waals surface area contributed by atoms with Crippen molar-refractivity contribution in [3.05, 3.63) is 106 Å². The average Bonchev–Trinajstić information content (AvgIpc) is 2.93. The van der Waals surface area contributed by atoms with Gasteiger partial charge in [0.15, 0.2) is 8.32 Å². The third-order valence-corrected chi connectivity index (χ3v) is 12.5. The second-order valence-corrected chi connectivity index (χ2v) is 16.9. The summed E-state index contributed by atoms with van der Waals surface area (Å²) in [5, 5.41) is 10.9. The van der Waals surface area contributed by atoms with Crippen molar-refractivity contribution in [2.24, 2.45) is 0 Å². The van der Waals surface area contributed by atoms with E-state index in [9.17, 15) is 14.7 Å². The fourth-order valence-electron chi connectivity index (χ4n) is 4.59. The number of hydrogen-bond donors (Lipinski definition) is 3. The fraction of sp³-hybridized carbons (Fsp3) is 0.333. The Bertz CT molecular complexity index is 1580. The number of aromatic nitrogens is 1. The van der Waals surface area contributed by atoms with Gasteiger partial charge in [-0.25, -0.2) is 4.79 Å². The number of rotatable bonds is 11. The largest absolute Gasteiger partial charge is 0.487 e. The maximum atomic E-state index is 12.5. The van der Waals surface area contributed by atoms with Crippen molar-refractivity contribution in [2.75, 3.05) is 18.8 Å². The van der Waals surface area contributed by atoms with E-state index in [4.69, 9.17) is 14.9 Å². The fourth-order valence-corrected chi connectivity index (χ4v) is 5.86. The monoisotopic (exact) mass is 587 g/mol. The molecule has 0 aliphatic rings. The van der Waals surface area contributed by atoms with Gasteiger partial charge in [0.05, 0.1) is 18.2 Å². The molecule has 0 saturated carbocycles. The van der Waals surface area contributed by atoms with E-state index in [1.54, 1.807) is 6.07 Å². The summed E-state index contributed by atoms with van der Waals surface area (Å²) in [7, 11) is -2.36. The Morgan fingerprint density at radius 1 is 1.00 bits per heavy atom. The molecule has 42 heavy (non-hydrogen) atoms. The van der Waals surface area contributed by atoms with E-state index >= 15 is 0 Å². The number of amides is 1. The van der Waals surface area contributed by atoms with Crippen molar-refractivity contribution >= 4 is 31.0 Å². The highest BCUT2D eigenvalue weighted by Gasteiger charge is 2.40. The van der Waals surface area contributed by atoms with Crippen molar-refractivity contribution in [2.45, 2.75) is 58.0 Å². The number of pyridine rings is 1. The molecule has 1 atom stereocenters. The van der Waals surface area contributed by atoms with Crippen LogP contribution in [0.2, 0.25) is 18.1 Å². The van der Waals surface area contributed by atoms with Gasteiger partial charge in [-0.3, -0.25) is 4.79 Å². The lowest BCUT2D eigenvalue weighted by Gasteiger charge is -2.40. The van der Waals surface area contributed by atoms with Crippen molar-refractivity contribution in [1.82, 2.24) is 9.88 Å². The maximum Gasteiger partial charge on any atom is 0.407 e. The first-order valence-corrected chi connectivity index (χ1v) is 17.1. The molecule has 0 fully saturated rings. The predicted molar refractivity (Wildman–Crippen MR) is 171 cm³/mol. The molecule has 0 saturated heterocycles. The number of nitrogens with one attached hydrogen (secondary N) is 1. The van der Waals surface area contributed by atoms with E-state index in [0.717, 1.165) is 22.1 Å². The Balaban J connectivity index is 1.72. The van der Waals surface area contributed by atoms with Crippen LogP contribution >= 0.6 is 0 Å². The quantitative estimate of drug-likeness (QED) is 0.129. The lowest BCUT2D eigenvalue weighted by atomic mass is 10.0. The SMILES string of the molecule is CC(C)(C)[Si](C)(C)O[C@H](CN(CCc1cccc(N)c1)C(=O)O)c1ccc(OCc2ccccc2)c2[nH]c(=O)ccc12. The molecule has 0 radical (unpaired) electrons. The molecule has 0 unspecified atom stereocenters. The Labute approximate surface area is 248 Å². The number of carboxylic acid groups (broad SMARTS) is 1. The number of nitrogens with two attached hydrogens (primary N) is 1. The van der Waals surface area contributed by atoms with Crippen LogP contribution in [0.25, 0.3) is 10.9 Å². The molecule has 4 N–H and O–H groups in total. The van der Waals surface area contributed by atoms with E-state index in [1.807, 2.05) is 66.7 Å². The number of nitrogen functional groups attached to an aromatic ring is 1. The number of ether oxygens (including phenoxy) is 1. The summed E-state index contributed by atoms with van der Waals surface area (Å²) in [6.07, 6.45) is -1.08. The van der Waals surface area contributed by atoms with Gasteiger partial charge in [-0.15, -0.1) is 0 Å². The number of fused-ring (bicyclic) bond motifs is 1. The summed E-state index contributed by atoms with van der Waals surface area (Å²) < 4.78 is 13.1. The smallest absolute Gasteiger partial charge is 0.407 e. The molecule has 1 aromatic heterocycles. The third-order valence-electron chi connectivity index (χ3n) is 8.00. The summed E-state index contributed by atoms with van der Waals surface area (Å²) in [4.78, 5) is 29.3. The summed E-state index contributed by atoms with van der Waals surface area (Å²) in [5.41, 5.74) is 9.66. The van der Waals surface area contributed by atoms with Crippen LogP contribution in [0.15, 0.2) is 83.7 Å². The van der Waals surface area contributed by atoms with E-state index < -0.39 is 20.5 Å². The molecule has 9 heteroatoms. The Morgan fingerprint density at radius 3 is 2.38 bits per heavy atom. The zero-order valence-electron chi connectivity index (χ0n) is 25.0. The van der Waals surface area contributed by atoms with Crippen LogP contribution in [-0.4, -0.2) is 42.5 Å². The highest BCUT2D eigenvalue weighted by molar-refractivity contribution is 6.74. The summed E-state index contributed by atoms with van der Waals surface area (Å²) >= 11 is 0. The van der Waals surface area contributed by atoms with Crippen molar-refractivity contribution in [3.8, 4) is 5.75 Å². The molecule has 222 valence electrons. The van der Waals surface area contributed by atoms with Gasteiger partial charge < -0.3 is 29.9 Å². The number of nitrogens with zero attached hydrogens (tertiary/aromatic N) is 1. The number of carbonyl (C=O) groups is 1. The molecule has 4 aromatic rings. The third kappa shape index (κ3) is 7.60. The highest BCUT2D eigenvalue weighted by Crippen LogP contribution is 2.41. The standard InChI is InChI=1S/C33H41N3O5Si/c1-33(2,3)42(4,5)41-29(21-36(32(38)39)19-18-23-12-9-13-25(34)20-23)26-14-16-28(31-27(26)15-17-30(37)35-31)40-22-24-10-7-6-8-11-24/h6-17,20,29H,18-19,21-22,34H2,1-5H3,(H,35,37)(H,38,39)/t29-/m1/s1. The zero-order valence-corrected chi connectivity index (χ0v) is 26.0. The normalized spacial score (nSPS) is 12.7. The minimum atomic E-state index is -2.36. The number of anilines is 1. The molecule has 3 aromatic carbocycles. The topological polar surface area (TPSA) is 118 Å². The second-order valence-electron chi connectivity index (χ2n) is 12.1. The maximum absolute atomic E-state index is 12.5. The van der Waals surface area contributed by atoms with Crippen LogP contribution in [0.1, 0.15) is 43.6 Å². The lowest BCUT2D eigenvalue weighted by Crippen LogP contribution is -2.45. The van der Waals surface area contributed by atoms with Crippen molar-refractivity contribution in [3.63, 3.8) is 0 Å². The van der Waals surface area contributed by atoms with Crippen LogP contribution in [0.4, 0.5) is 10.5 Å². The Kier molecular flexibility index (Phi) is 9.43. The molecule has 8 nitrogen and oxygen atoms in total. The first kappa shape index (κ1) is 30.9. The van der Waals surface area contributed by atoms with Crippen LogP contribution in [0.3, 0.4) is 0 Å². The molecule has 1 heterocycles. The number of aromatic amines is 1. The van der Waals surface area contributed by atoms with E-state index in [1.165, 1.54) is 11.0 Å². The van der Waals surface area contributed by atoms with E-state index in [0.29, 0.717) is 30.0 Å². The van der Waals surface area contributed by atoms with Gasteiger partial charge in [0.2, 0.25) is 5.56 Å². The predicted octanol–water partition coefficient (Wildman–Crippen LogP) is 6.97. The average molecular weight is 588 g/mol. The number of benzene rings is 3. The van der Waals surface area contributed by atoms with E-state index in [2.05, 4.69) is 38.8 Å². The molecule has 0 bridgehead atoms. The van der Waals surface area contributed by atoms with Gasteiger partial charge in [-0.1, -0.05) is 69.3 Å². The second kappa shape index (κ2) is 12.8. The minimum absolute atomic E-state index is 0.107. The van der Waals surface area contributed by atoms with Crippen LogP contribution in [0.5, 0.6) is 5.75 Å². The summed E-state index contributed by atoms with van der Waals surface area (Å²) in [6.45, 7) is 11.5. The molecule has 0 spiro atoms. The van der Waals surface area contributed by atoms with Gasteiger partial charge in [-0.05, 0) is 65.5 Å². The lowest BCUT2D eigenvalue weighted by molar-refractivity contribution is 0.102. The van der Waals surface area contributed by atoms with Gasteiger partial charge >= 0.3 is 6.09 Å². The molecular formula is C33H41N3O5Si. The first-order chi connectivity index (χ1) is 19.8. The Hall–Kier alpha value is -4.08. The van der Waals surface area contributed by atoms with E-state index in [-0.39, 0.29) is 23.7 Å². The van der Waals surface area contributed by atoms with Crippen LogP contribution in [0, 0.1) is 0 Å². The molecule has 1 amide bonds. The van der Waals surface area contributed by atoms with Crippen molar-refractivity contribution < 1.29 is 19.1 Å². The van der Waals surface area contributed by atoms with Crippen LogP contribution in [-0.2, 0) is 17.5 Å². The van der Waals surface area contributed by atoms with Crippen LogP contribution < -0.4 is 16.0 Å². The highest BCUT2D eigenvalue weighted by atomic mass is 28.4. The Morgan fingerprint density at radius 2 is 1.71 bits per heavy atom. The molecular weight excluding hydrogens is 546 g/mol. The minimum Gasteiger partial charge on any atom is -0.487 e.